The van der Waals surface area contributed by atoms with Crippen molar-refractivity contribution in [3.8, 4) is 5.69 Å². The number of aliphatic hydroxyl groups is 1. The van der Waals surface area contributed by atoms with Gasteiger partial charge in [0.15, 0.2) is 0 Å². The highest BCUT2D eigenvalue weighted by Crippen LogP contribution is 2.38. The Kier molecular flexibility index (Phi) is 3.57. The zero-order valence-electron chi connectivity index (χ0n) is 11.6. The van der Waals surface area contributed by atoms with Gasteiger partial charge in [-0.25, -0.2) is 0 Å². The highest BCUT2D eigenvalue weighted by molar-refractivity contribution is 6.38. The van der Waals surface area contributed by atoms with Gasteiger partial charge in [-0.05, 0) is 50.8 Å². The lowest BCUT2D eigenvalue weighted by molar-refractivity contribution is 0.156. The summed E-state index contributed by atoms with van der Waals surface area (Å²) in [6.45, 7) is 4.00. The standard InChI is InChI=1S/C16H17Cl2NO/c1-9-6-7-12(17)16(15(9)18)19-10(2)8-11-13(19)4-3-5-14(11)20/h6-8,14,20H,3-5H2,1-2H3. The Hall–Kier alpha value is -0.960. The van der Waals surface area contributed by atoms with Crippen molar-refractivity contribution in [1.29, 1.82) is 0 Å². The van der Waals surface area contributed by atoms with Crippen LogP contribution < -0.4 is 0 Å². The molecule has 1 unspecified atom stereocenters. The van der Waals surface area contributed by atoms with Crippen LogP contribution in [0.2, 0.25) is 10.0 Å². The molecule has 0 amide bonds. The summed E-state index contributed by atoms with van der Waals surface area (Å²) in [6.07, 6.45) is 2.38. The zero-order chi connectivity index (χ0) is 14.4. The van der Waals surface area contributed by atoms with Crippen LogP contribution in [0.1, 0.15) is 41.5 Å². The summed E-state index contributed by atoms with van der Waals surface area (Å²) in [5.41, 5.74) is 5.05. The molecular weight excluding hydrogens is 293 g/mol. The van der Waals surface area contributed by atoms with Crippen LogP contribution in [-0.2, 0) is 6.42 Å². The van der Waals surface area contributed by atoms with E-state index in [-0.39, 0.29) is 6.10 Å². The van der Waals surface area contributed by atoms with Gasteiger partial charge in [-0.3, -0.25) is 0 Å². The van der Waals surface area contributed by atoms with E-state index in [1.165, 1.54) is 0 Å². The highest BCUT2D eigenvalue weighted by Gasteiger charge is 2.25. The van der Waals surface area contributed by atoms with Gasteiger partial charge in [0, 0.05) is 17.0 Å². The van der Waals surface area contributed by atoms with E-state index in [0.29, 0.717) is 10.0 Å². The Morgan fingerprint density at radius 1 is 1.25 bits per heavy atom. The molecule has 3 rings (SSSR count). The van der Waals surface area contributed by atoms with Gasteiger partial charge in [0.2, 0.25) is 0 Å². The van der Waals surface area contributed by atoms with E-state index >= 15 is 0 Å². The number of hydrogen-bond acceptors (Lipinski definition) is 1. The third-order valence-corrected chi connectivity index (χ3v) is 4.84. The van der Waals surface area contributed by atoms with E-state index in [1.54, 1.807) is 0 Å². The van der Waals surface area contributed by atoms with Crippen molar-refractivity contribution in [3.63, 3.8) is 0 Å². The van der Waals surface area contributed by atoms with Crippen LogP contribution in [0.4, 0.5) is 0 Å². The van der Waals surface area contributed by atoms with Crippen molar-refractivity contribution in [3.05, 3.63) is 50.8 Å². The molecule has 0 spiro atoms. The van der Waals surface area contributed by atoms with Gasteiger partial charge < -0.3 is 9.67 Å². The van der Waals surface area contributed by atoms with Crippen molar-refractivity contribution in [2.75, 3.05) is 0 Å². The third kappa shape index (κ3) is 2.07. The maximum Gasteiger partial charge on any atom is 0.0833 e. The molecule has 106 valence electrons. The Balaban J connectivity index is 2.29. The minimum absolute atomic E-state index is 0.374. The SMILES string of the molecule is Cc1ccc(Cl)c(-n2c(C)cc3c2CCCC3O)c1Cl. The Labute approximate surface area is 128 Å². The Morgan fingerprint density at radius 2 is 2.00 bits per heavy atom. The van der Waals surface area contributed by atoms with Gasteiger partial charge in [-0.15, -0.1) is 0 Å². The number of hydrogen-bond donors (Lipinski definition) is 1. The lowest BCUT2D eigenvalue weighted by Crippen LogP contribution is -2.12. The van der Waals surface area contributed by atoms with E-state index in [1.807, 2.05) is 32.0 Å². The maximum atomic E-state index is 10.2. The van der Waals surface area contributed by atoms with Crippen LogP contribution in [0.5, 0.6) is 0 Å². The van der Waals surface area contributed by atoms with Crippen molar-refractivity contribution >= 4 is 23.2 Å². The van der Waals surface area contributed by atoms with Crippen molar-refractivity contribution < 1.29 is 5.11 Å². The average Bonchev–Trinajstić information content (AvgIpc) is 2.74. The summed E-state index contributed by atoms with van der Waals surface area (Å²) in [7, 11) is 0. The van der Waals surface area contributed by atoms with E-state index in [0.717, 1.165) is 47.5 Å². The summed E-state index contributed by atoms with van der Waals surface area (Å²) in [4.78, 5) is 0. The molecule has 20 heavy (non-hydrogen) atoms. The number of aliphatic hydroxyl groups excluding tert-OH is 1. The second-order valence-electron chi connectivity index (χ2n) is 5.46. The molecule has 1 N–H and O–H groups in total. The molecule has 0 saturated heterocycles. The normalized spacial score (nSPS) is 18.1. The summed E-state index contributed by atoms with van der Waals surface area (Å²) >= 11 is 12.8. The van der Waals surface area contributed by atoms with E-state index in [9.17, 15) is 5.11 Å². The van der Waals surface area contributed by atoms with E-state index in [2.05, 4.69) is 4.57 Å². The monoisotopic (exact) mass is 309 g/mol. The summed E-state index contributed by atoms with van der Waals surface area (Å²) in [5, 5.41) is 11.5. The van der Waals surface area contributed by atoms with Crippen molar-refractivity contribution in [1.82, 2.24) is 4.57 Å². The molecule has 1 atom stereocenters. The number of nitrogens with zero attached hydrogens (tertiary/aromatic N) is 1. The topological polar surface area (TPSA) is 25.2 Å². The minimum Gasteiger partial charge on any atom is -0.388 e. The van der Waals surface area contributed by atoms with Crippen LogP contribution in [0.3, 0.4) is 0 Å². The molecule has 4 heteroatoms. The predicted molar refractivity (Wildman–Crippen MR) is 83.2 cm³/mol. The molecule has 2 nitrogen and oxygen atoms in total. The second-order valence-corrected chi connectivity index (χ2v) is 6.24. The van der Waals surface area contributed by atoms with E-state index < -0.39 is 0 Å². The fourth-order valence-electron chi connectivity index (χ4n) is 3.04. The fraction of sp³-hybridized carbons (Fsp3) is 0.375. The quantitative estimate of drug-likeness (QED) is 0.806. The number of rotatable bonds is 1. The molecular formula is C16H17Cl2NO. The third-order valence-electron chi connectivity index (χ3n) is 4.05. The number of aryl methyl sites for hydroxylation is 2. The molecule has 0 fully saturated rings. The van der Waals surface area contributed by atoms with Gasteiger partial charge >= 0.3 is 0 Å². The van der Waals surface area contributed by atoms with Crippen LogP contribution in [0.25, 0.3) is 5.69 Å². The highest BCUT2D eigenvalue weighted by atomic mass is 35.5. The first kappa shape index (κ1) is 14.0. The number of fused-ring (bicyclic) bond motifs is 1. The van der Waals surface area contributed by atoms with Crippen molar-refractivity contribution in [2.45, 2.75) is 39.2 Å². The molecule has 0 aliphatic heterocycles. The molecule has 2 aromatic rings. The lowest BCUT2D eigenvalue weighted by Gasteiger charge is -2.22. The molecule has 0 bridgehead atoms. The van der Waals surface area contributed by atoms with Crippen LogP contribution in [-0.4, -0.2) is 9.67 Å². The Bertz CT molecular complexity index is 676. The second kappa shape index (κ2) is 5.10. The zero-order valence-corrected chi connectivity index (χ0v) is 13.1. The van der Waals surface area contributed by atoms with Crippen LogP contribution in [0, 0.1) is 13.8 Å². The first-order valence-electron chi connectivity index (χ1n) is 6.85. The first-order chi connectivity index (χ1) is 9.50. The van der Waals surface area contributed by atoms with Crippen molar-refractivity contribution in [2.24, 2.45) is 0 Å². The van der Waals surface area contributed by atoms with Gasteiger partial charge in [0.05, 0.1) is 21.8 Å². The molecule has 0 saturated carbocycles. The molecule has 1 aliphatic carbocycles. The van der Waals surface area contributed by atoms with E-state index in [4.69, 9.17) is 23.2 Å². The Morgan fingerprint density at radius 3 is 2.75 bits per heavy atom. The van der Waals surface area contributed by atoms with Gasteiger partial charge in [-0.2, -0.15) is 0 Å². The number of halogens is 2. The van der Waals surface area contributed by atoms with Crippen LogP contribution in [0.15, 0.2) is 18.2 Å². The predicted octanol–water partition coefficient (Wildman–Crippen LogP) is 4.77. The lowest BCUT2D eigenvalue weighted by atomic mass is 9.95. The molecule has 0 radical (unpaired) electrons. The maximum absolute atomic E-state index is 10.2. The fourth-order valence-corrected chi connectivity index (χ4v) is 3.58. The minimum atomic E-state index is -0.374. The number of benzene rings is 1. The van der Waals surface area contributed by atoms with Gasteiger partial charge in [-0.1, -0.05) is 29.3 Å². The molecule has 1 heterocycles. The smallest absolute Gasteiger partial charge is 0.0833 e. The van der Waals surface area contributed by atoms with Gasteiger partial charge in [0.1, 0.15) is 0 Å². The summed E-state index contributed by atoms with van der Waals surface area (Å²) in [5.74, 6) is 0. The summed E-state index contributed by atoms with van der Waals surface area (Å²) < 4.78 is 2.11. The first-order valence-corrected chi connectivity index (χ1v) is 7.60. The molecule has 1 aliphatic rings. The average molecular weight is 310 g/mol. The molecule has 1 aromatic heterocycles. The summed E-state index contributed by atoms with van der Waals surface area (Å²) in [6, 6.07) is 5.85. The van der Waals surface area contributed by atoms with Crippen LogP contribution >= 0.6 is 23.2 Å². The largest absolute Gasteiger partial charge is 0.388 e. The number of aromatic nitrogens is 1. The molecule has 1 aromatic carbocycles. The van der Waals surface area contributed by atoms with Gasteiger partial charge in [0.25, 0.3) is 0 Å².